The lowest BCUT2D eigenvalue weighted by Gasteiger charge is -2.41. The molecule has 5 nitrogen and oxygen atoms in total. The summed E-state index contributed by atoms with van der Waals surface area (Å²) in [7, 11) is 0. The van der Waals surface area contributed by atoms with Crippen LogP contribution in [0.3, 0.4) is 0 Å². The minimum absolute atomic E-state index is 0.0166. The van der Waals surface area contributed by atoms with E-state index in [1.165, 1.54) is 16.8 Å². The SMILES string of the molecule is Cc1ccc(N2CCN(C(=O)c3cc(-c4ccc(C(C)C)cc4)n[nH]3)C[C@@H]2C)cc1. The van der Waals surface area contributed by atoms with Crippen molar-refractivity contribution < 1.29 is 4.79 Å². The molecule has 1 fully saturated rings. The van der Waals surface area contributed by atoms with Gasteiger partial charge in [0.25, 0.3) is 5.91 Å². The third-order valence-corrected chi connectivity index (χ3v) is 5.96. The molecule has 1 amide bonds. The number of carbonyl (C=O) groups is 1. The summed E-state index contributed by atoms with van der Waals surface area (Å²) in [5.41, 5.74) is 6.15. The Morgan fingerprint density at radius 3 is 2.40 bits per heavy atom. The monoisotopic (exact) mass is 402 g/mol. The summed E-state index contributed by atoms with van der Waals surface area (Å²) < 4.78 is 0. The number of aromatic amines is 1. The van der Waals surface area contributed by atoms with E-state index >= 15 is 0 Å². The van der Waals surface area contributed by atoms with Crippen molar-refractivity contribution in [3.63, 3.8) is 0 Å². The summed E-state index contributed by atoms with van der Waals surface area (Å²) in [5, 5.41) is 7.33. The highest BCUT2D eigenvalue weighted by Gasteiger charge is 2.28. The number of hydrogen-bond acceptors (Lipinski definition) is 3. The number of aromatic nitrogens is 2. The molecule has 156 valence electrons. The van der Waals surface area contributed by atoms with Crippen molar-refractivity contribution in [2.45, 2.75) is 39.7 Å². The quantitative estimate of drug-likeness (QED) is 0.678. The number of piperazine rings is 1. The van der Waals surface area contributed by atoms with Gasteiger partial charge in [-0.15, -0.1) is 0 Å². The van der Waals surface area contributed by atoms with Crippen LogP contribution in [0.15, 0.2) is 54.6 Å². The summed E-state index contributed by atoms with van der Waals surface area (Å²) in [5.74, 6) is 0.513. The third kappa shape index (κ3) is 4.11. The van der Waals surface area contributed by atoms with Crippen molar-refractivity contribution in [2.24, 2.45) is 0 Å². The van der Waals surface area contributed by atoms with Gasteiger partial charge in [0.1, 0.15) is 5.69 Å². The number of benzene rings is 2. The molecule has 2 heterocycles. The molecule has 0 unspecified atom stereocenters. The van der Waals surface area contributed by atoms with Crippen molar-refractivity contribution in [3.05, 3.63) is 71.4 Å². The van der Waals surface area contributed by atoms with Crippen LogP contribution in [0.2, 0.25) is 0 Å². The Kier molecular flexibility index (Phi) is 5.62. The molecule has 1 atom stereocenters. The smallest absolute Gasteiger partial charge is 0.272 e. The molecule has 1 N–H and O–H groups in total. The number of carbonyl (C=O) groups excluding carboxylic acids is 1. The predicted molar refractivity (Wildman–Crippen MR) is 122 cm³/mol. The second kappa shape index (κ2) is 8.34. The summed E-state index contributed by atoms with van der Waals surface area (Å²) in [6.45, 7) is 10.9. The Hall–Kier alpha value is -3.08. The Labute approximate surface area is 178 Å². The number of nitrogens with one attached hydrogen (secondary N) is 1. The number of hydrogen-bond donors (Lipinski definition) is 1. The number of nitrogens with zero attached hydrogens (tertiary/aromatic N) is 3. The average molecular weight is 403 g/mol. The maximum Gasteiger partial charge on any atom is 0.272 e. The minimum Gasteiger partial charge on any atom is -0.365 e. The van der Waals surface area contributed by atoms with Gasteiger partial charge in [-0.1, -0.05) is 55.8 Å². The van der Waals surface area contributed by atoms with Crippen LogP contribution in [-0.2, 0) is 0 Å². The number of rotatable bonds is 4. The predicted octanol–water partition coefficient (Wildman–Crippen LogP) is 4.86. The van der Waals surface area contributed by atoms with Gasteiger partial charge in [-0.05, 0) is 43.5 Å². The van der Waals surface area contributed by atoms with Gasteiger partial charge in [0.2, 0.25) is 0 Å². The van der Waals surface area contributed by atoms with Crippen LogP contribution in [0.4, 0.5) is 5.69 Å². The maximum atomic E-state index is 13.1. The van der Waals surface area contributed by atoms with Crippen LogP contribution >= 0.6 is 0 Å². The molecule has 1 aliphatic rings. The van der Waals surface area contributed by atoms with Gasteiger partial charge in [0, 0.05) is 36.9 Å². The fraction of sp³-hybridized carbons (Fsp3) is 0.360. The zero-order valence-corrected chi connectivity index (χ0v) is 18.2. The van der Waals surface area contributed by atoms with E-state index in [4.69, 9.17) is 0 Å². The summed E-state index contributed by atoms with van der Waals surface area (Å²) in [6.07, 6.45) is 0. The second-order valence-corrected chi connectivity index (χ2v) is 8.57. The first kappa shape index (κ1) is 20.2. The molecule has 2 aromatic carbocycles. The zero-order valence-electron chi connectivity index (χ0n) is 18.2. The second-order valence-electron chi connectivity index (χ2n) is 8.57. The molecular weight excluding hydrogens is 372 g/mol. The molecule has 0 radical (unpaired) electrons. The van der Waals surface area contributed by atoms with Gasteiger partial charge in [0.05, 0.1) is 5.69 Å². The minimum atomic E-state index is 0.0166. The van der Waals surface area contributed by atoms with E-state index in [9.17, 15) is 4.79 Å². The van der Waals surface area contributed by atoms with Gasteiger partial charge >= 0.3 is 0 Å². The van der Waals surface area contributed by atoms with Crippen molar-refractivity contribution in [1.29, 1.82) is 0 Å². The molecule has 0 aliphatic carbocycles. The Bertz CT molecular complexity index is 1000. The van der Waals surface area contributed by atoms with Gasteiger partial charge in [0.15, 0.2) is 0 Å². The largest absolute Gasteiger partial charge is 0.365 e. The van der Waals surface area contributed by atoms with Crippen LogP contribution < -0.4 is 4.90 Å². The highest BCUT2D eigenvalue weighted by molar-refractivity contribution is 5.93. The standard InChI is InChI=1S/C25H30N4O/c1-17(2)20-7-9-21(10-8-20)23-15-24(27-26-23)25(30)28-13-14-29(19(4)16-28)22-11-5-18(3)6-12-22/h5-12,15,17,19H,13-14,16H2,1-4H3,(H,26,27)/t19-/m0/s1. The van der Waals surface area contributed by atoms with Gasteiger partial charge in [-0.3, -0.25) is 9.89 Å². The zero-order chi connectivity index (χ0) is 21.3. The highest BCUT2D eigenvalue weighted by atomic mass is 16.2. The first-order chi connectivity index (χ1) is 14.4. The number of aryl methyl sites for hydroxylation is 1. The lowest BCUT2D eigenvalue weighted by atomic mass is 10.0. The number of H-pyrrole nitrogens is 1. The summed E-state index contributed by atoms with van der Waals surface area (Å²) >= 11 is 0. The third-order valence-electron chi connectivity index (χ3n) is 5.96. The van der Waals surface area contributed by atoms with Crippen molar-refractivity contribution in [2.75, 3.05) is 24.5 Å². The lowest BCUT2D eigenvalue weighted by molar-refractivity contribution is 0.0720. The van der Waals surface area contributed by atoms with E-state index in [0.29, 0.717) is 24.7 Å². The van der Waals surface area contributed by atoms with E-state index in [1.54, 1.807) is 0 Å². The summed E-state index contributed by atoms with van der Waals surface area (Å²) in [4.78, 5) is 17.4. The van der Waals surface area contributed by atoms with Gasteiger partial charge in [-0.25, -0.2) is 0 Å². The van der Waals surface area contributed by atoms with Gasteiger partial charge < -0.3 is 9.80 Å². The van der Waals surface area contributed by atoms with Crippen LogP contribution in [-0.4, -0.2) is 46.7 Å². The first-order valence-corrected chi connectivity index (χ1v) is 10.7. The maximum absolute atomic E-state index is 13.1. The Balaban J connectivity index is 1.43. The molecule has 1 saturated heterocycles. The molecular formula is C25H30N4O. The molecule has 1 aromatic heterocycles. The molecule has 0 saturated carbocycles. The van der Waals surface area contributed by atoms with Crippen LogP contribution in [0.1, 0.15) is 48.3 Å². The van der Waals surface area contributed by atoms with Crippen molar-refractivity contribution in [3.8, 4) is 11.3 Å². The van der Waals surface area contributed by atoms with E-state index in [2.05, 4.69) is 91.3 Å². The molecule has 1 aliphatic heterocycles. The average Bonchev–Trinajstić information content (AvgIpc) is 3.24. The molecule has 4 rings (SSSR count). The number of amides is 1. The van der Waals surface area contributed by atoms with E-state index in [0.717, 1.165) is 17.8 Å². The molecule has 3 aromatic rings. The van der Waals surface area contributed by atoms with Gasteiger partial charge in [-0.2, -0.15) is 5.10 Å². The first-order valence-electron chi connectivity index (χ1n) is 10.7. The number of anilines is 1. The molecule has 5 heteroatoms. The molecule has 30 heavy (non-hydrogen) atoms. The van der Waals surface area contributed by atoms with Crippen LogP contribution in [0.5, 0.6) is 0 Å². The van der Waals surface area contributed by atoms with Crippen LogP contribution in [0, 0.1) is 6.92 Å². The highest BCUT2D eigenvalue weighted by Crippen LogP contribution is 2.24. The lowest BCUT2D eigenvalue weighted by Crippen LogP contribution is -2.53. The molecule has 0 bridgehead atoms. The van der Waals surface area contributed by atoms with Crippen molar-refractivity contribution in [1.82, 2.24) is 15.1 Å². The van der Waals surface area contributed by atoms with E-state index in [-0.39, 0.29) is 11.9 Å². The van der Waals surface area contributed by atoms with Crippen molar-refractivity contribution >= 4 is 11.6 Å². The fourth-order valence-corrected chi connectivity index (χ4v) is 4.05. The normalized spacial score (nSPS) is 16.9. The van der Waals surface area contributed by atoms with E-state index in [1.807, 2.05) is 11.0 Å². The Morgan fingerprint density at radius 1 is 1.07 bits per heavy atom. The van der Waals surface area contributed by atoms with Crippen LogP contribution in [0.25, 0.3) is 11.3 Å². The summed E-state index contributed by atoms with van der Waals surface area (Å²) in [6, 6.07) is 19.1. The van der Waals surface area contributed by atoms with E-state index < -0.39 is 0 Å². The Morgan fingerprint density at radius 2 is 1.77 bits per heavy atom. The fourth-order valence-electron chi connectivity index (χ4n) is 4.05. The molecule has 0 spiro atoms. The topological polar surface area (TPSA) is 52.2 Å².